The number of hydrogen-bond acceptors (Lipinski definition) is 2. The predicted octanol–water partition coefficient (Wildman–Crippen LogP) is 5.05. The maximum absolute atomic E-state index is 13.7. The van der Waals surface area contributed by atoms with Crippen LogP contribution in [0.3, 0.4) is 0 Å². The zero-order chi connectivity index (χ0) is 17.4. The van der Waals surface area contributed by atoms with Crippen molar-refractivity contribution in [2.75, 3.05) is 5.32 Å². The van der Waals surface area contributed by atoms with Crippen LogP contribution >= 0.6 is 0 Å². The molecule has 0 spiro atoms. The van der Waals surface area contributed by atoms with E-state index >= 15 is 0 Å². The lowest BCUT2D eigenvalue weighted by Gasteiger charge is -2.06. The van der Waals surface area contributed by atoms with Crippen molar-refractivity contribution in [3.63, 3.8) is 0 Å². The van der Waals surface area contributed by atoms with Gasteiger partial charge in [0.05, 0.1) is 18.4 Å². The quantitative estimate of drug-likeness (QED) is 0.569. The molecular weight excluding hydrogens is 324 g/mol. The summed E-state index contributed by atoms with van der Waals surface area (Å²) in [6, 6.07) is 14.5. The fourth-order valence-electron chi connectivity index (χ4n) is 2.97. The number of furan rings is 1. The zero-order valence-electron chi connectivity index (χ0n) is 13.1. The lowest BCUT2D eigenvalue weighted by atomic mass is 10.0. The van der Waals surface area contributed by atoms with Gasteiger partial charge in [0.1, 0.15) is 17.2 Å². The van der Waals surface area contributed by atoms with Crippen LogP contribution in [0.25, 0.3) is 21.7 Å². The van der Waals surface area contributed by atoms with E-state index in [1.807, 2.05) is 36.4 Å². The van der Waals surface area contributed by atoms with Crippen molar-refractivity contribution in [1.82, 2.24) is 0 Å². The van der Waals surface area contributed by atoms with Crippen LogP contribution < -0.4 is 5.32 Å². The lowest BCUT2D eigenvalue weighted by Crippen LogP contribution is -2.15. The Labute approximate surface area is 141 Å². The van der Waals surface area contributed by atoms with Gasteiger partial charge in [0.2, 0.25) is 5.91 Å². The van der Waals surface area contributed by atoms with Crippen LogP contribution in [0, 0.1) is 11.6 Å². The van der Waals surface area contributed by atoms with E-state index in [0.717, 1.165) is 34.4 Å². The molecule has 4 aromatic rings. The highest BCUT2D eigenvalue weighted by atomic mass is 19.1. The molecule has 0 radical (unpaired) electrons. The summed E-state index contributed by atoms with van der Waals surface area (Å²) in [4.78, 5) is 12.3. The van der Waals surface area contributed by atoms with Gasteiger partial charge in [0, 0.05) is 17.0 Å². The van der Waals surface area contributed by atoms with Crippen molar-refractivity contribution < 1.29 is 18.0 Å². The van der Waals surface area contributed by atoms with Crippen molar-refractivity contribution in [3.8, 4) is 0 Å². The first-order valence-corrected chi connectivity index (χ1v) is 7.74. The third-order valence-electron chi connectivity index (χ3n) is 4.09. The van der Waals surface area contributed by atoms with E-state index in [4.69, 9.17) is 4.42 Å². The van der Waals surface area contributed by atoms with Crippen molar-refractivity contribution >= 4 is 33.3 Å². The summed E-state index contributed by atoms with van der Waals surface area (Å²) in [6.07, 6.45) is 1.52. The first-order valence-electron chi connectivity index (χ1n) is 7.74. The van der Waals surface area contributed by atoms with E-state index < -0.39 is 17.5 Å². The Hall–Kier alpha value is -3.21. The molecule has 0 fully saturated rings. The van der Waals surface area contributed by atoms with E-state index in [-0.39, 0.29) is 12.1 Å². The SMILES string of the molecule is O=C(Cc1coc2ccc3ccccc3c12)Nc1cc(F)ccc1F. The number of nitrogens with one attached hydrogen (secondary N) is 1. The molecular formula is C20H13F2NO2. The Balaban J connectivity index is 1.67. The molecule has 124 valence electrons. The highest BCUT2D eigenvalue weighted by Crippen LogP contribution is 2.30. The van der Waals surface area contributed by atoms with E-state index in [2.05, 4.69) is 5.32 Å². The maximum atomic E-state index is 13.7. The van der Waals surface area contributed by atoms with Gasteiger partial charge in [-0.05, 0) is 29.0 Å². The van der Waals surface area contributed by atoms with Crippen LogP contribution in [0.5, 0.6) is 0 Å². The Bertz CT molecular complexity index is 1100. The first kappa shape index (κ1) is 15.3. The molecule has 0 atom stereocenters. The van der Waals surface area contributed by atoms with Crippen molar-refractivity contribution in [1.29, 1.82) is 0 Å². The average molecular weight is 337 g/mol. The number of carbonyl (C=O) groups excluding carboxylic acids is 1. The van der Waals surface area contributed by atoms with Crippen molar-refractivity contribution in [3.05, 3.63) is 78.1 Å². The average Bonchev–Trinajstić information content (AvgIpc) is 3.01. The number of amides is 1. The minimum Gasteiger partial charge on any atom is -0.464 e. The number of hydrogen-bond donors (Lipinski definition) is 1. The number of fused-ring (bicyclic) bond motifs is 3. The van der Waals surface area contributed by atoms with E-state index in [1.54, 1.807) is 0 Å². The molecule has 1 N–H and O–H groups in total. The van der Waals surface area contributed by atoms with E-state index in [9.17, 15) is 13.6 Å². The minimum atomic E-state index is -0.683. The second-order valence-corrected chi connectivity index (χ2v) is 5.77. The fraction of sp³-hybridized carbons (Fsp3) is 0.0500. The second-order valence-electron chi connectivity index (χ2n) is 5.77. The third-order valence-corrected chi connectivity index (χ3v) is 4.09. The lowest BCUT2D eigenvalue weighted by molar-refractivity contribution is -0.115. The second kappa shape index (κ2) is 6.02. The Kier molecular flexibility index (Phi) is 3.69. The van der Waals surface area contributed by atoms with Gasteiger partial charge in [0.25, 0.3) is 0 Å². The molecule has 0 unspecified atom stereocenters. The molecule has 1 heterocycles. The zero-order valence-corrected chi connectivity index (χ0v) is 13.1. The molecule has 0 saturated heterocycles. The number of carbonyl (C=O) groups is 1. The number of rotatable bonds is 3. The van der Waals surface area contributed by atoms with Gasteiger partial charge in [-0.25, -0.2) is 8.78 Å². The van der Waals surface area contributed by atoms with E-state index in [0.29, 0.717) is 11.1 Å². The molecule has 3 nitrogen and oxygen atoms in total. The number of benzene rings is 3. The normalized spacial score (nSPS) is 11.1. The van der Waals surface area contributed by atoms with Crippen LogP contribution in [0.1, 0.15) is 5.56 Å². The summed E-state index contributed by atoms with van der Waals surface area (Å²) >= 11 is 0. The Morgan fingerprint density at radius 3 is 2.76 bits per heavy atom. The molecule has 0 aliphatic carbocycles. The van der Waals surface area contributed by atoms with E-state index in [1.165, 1.54) is 6.26 Å². The largest absolute Gasteiger partial charge is 0.464 e. The molecule has 1 amide bonds. The van der Waals surface area contributed by atoms with Gasteiger partial charge < -0.3 is 9.73 Å². The Morgan fingerprint density at radius 1 is 1.04 bits per heavy atom. The molecule has 0 aliphatic rings. The van der Waals surface area contributed by atoms with Gasteiger partial charge in [-0.15, -0.1) is 0 Å². The van der Waals surface area contributed by atoms with Crippen LogP contribution in [0.2, 0.25) is 0 Å². The van der Waals surface area contributed by atoms with Gasteiger partial charge in [-0.1, -0.05) is 30.3 Å². The maximum Gasteiger partial charge on any atom is 0.229 e. The summed E-state index contributed by atoms with van der Waals surface area (Å²) in [6.45, 7) is 0. The highest BCUT2D eigenvalue weighted by Gasteiger charge is 2.14. The van der Waals surface area contributed by atoms with Crippen LogP contribution in [0.15, 0.2) is 65.3 Å². The molecule has 5 heteroatoms. The summed E-state index contributed by atoms with van der Waals surface area (Å²) < 4.78 is 32.4. The van der Waals surface area contributed by atoms with Crippen LogP contribution in [-0.2, 0) is 11.2 Å². The van der Waals surface area contributed by atoms with Gasteiger partial charge in [-0.2, -0.15) is 0 Å². The Morgan fingerprint density at radius 2 is 1.88 bits per heavy atom. The van der Waals surface area contributed by atoms with Gasteiger partial charge >= 0.3 is 0 Å². The topological polar surface area (TPSA) is 42.2 Å². The minimum absolute atomic E-state index is 0.00301. The molecule has 0 aliphatic heterocycles. The predicted molar refractivity (Wildman–Crippen MR) is 92.4 cm³/mol. The molecule has 25 heavy (non-hydrogen) atoms. The van der Waals surface area contributed by atoms with Gasteiger partial charge in [0.15, 0.2) is 0 Å². The van der Waals surface area contributed by atoms with Crippen LogP contribution in [0.4, 0.5) is 14.5 Å². The number of anilines is 1. The highest BCUT2D eigenvalue weighted by molar-refractivity contribution is 6.09. The van der Waals surface area contributed by atoms with Crippen LogP contribution in [-0.4, -0.2) is 5.91 Å². The first-order chi connectivity index (χ1) is 12.1. The van der Waals surface area contributed by atoms with Gasteiger partial charge in [-0.3, -0.25) is 4.79 Å². The fourth-order valence-corrected chi connectivity index (χ4v) is 2.97. The number of halogens is 2. The monoisotopic (exact) mass is 337 g/mol. The summed E-state index contributed by atoms with van der Waals surface area (Å²) in [7, 11) is 0. The standard InChI is InChI=1S/C20H13F2NO2/c21-14-6-7-16(22)17(10-14)23-19(24)9-13-11-25-18-8-5-12-3-1-2-4-15(12)20(13)18/h1-8,10-11H,9H2,(H,23,24). The molecule has 0 bridgehead atoms. The van der Waals surface area contributed by atoms with Crippen molar-refractivity contribution in [2.45, 2.75) is 6.42 Å². The molecule has 0 saturated carbocycles. The van der Waals surface area contributed by atoms with Crippen molar-refractivity contribution in [2.24, 2.45) is 0 Å². The summed E-state index contributed by atoms with van der Waals surface area (Å²) in [5.74, 6) is -1.74. The third kappa shape index (κ3) is 2.85. The molecule has 1 aromatic heterocycles. The smallest absolute Gasteiger partial charge is 0.229 e. The molecule has 3 aromatic carbocycles. The molecule has 4 rings (SSSR count). The summed E-state index contributed by atoms with van der Waals surface area (Å²) in [5, 5.41) is 5.28. The summed E-state index contributed by atoms with van der Waals surface area (Å²) in [5.41, 5.74) is 1.20.